The Bertz CT molecular complexity index is 1810. The summed E-state index contributed by atoms with van der Waals surface area (Å²) in [5.41, 5.74) is 4.13. The summed E-state index contributed by atoms with van der Waals surface area (Å²) in [6.45, 7) is 9.50. The molecule has 0 aliphatic heterocycles. The first-order valence-electron chi connectivity index (χ1n) is 16.2. The Kier molecular flexibility index (Phi) is 17.8. The lowest BCUT2D eigenvalue weighted by Crippen LogP contribution is -1.98. The van der Waals surface area contributed by atoms with Gasteiger partial charge in [-0.05, 0) is 110 Å². The van der Waals surface area contributed by atoms with E-state index in [1.807, 2.05) is 13.8 Å². The van der Waals surface area contributed by atoms with Gasteiger partial charge in [0.15, 0.2) is 0 Å². The Morgan fingerprint density at radius 1 is 0.490 bits per heavy atom. The molecule has 0 radical (unpaired) electrons. The molecule has 12 nitrogen and oxygen atoms in total. The number of hydrogen-bond donors (Lipinski definition) is 8. The number of carboxylic acid groups (broad SMARTS) is 4. The lowest BCUT2D eigenvalue weighted by molar-refractivity contribution is 0.0682. The molecule has 8 N–H and O–H groups in total. The number of benzene rings is 4. The Balaban J connectivity index is 0.000000341. The quantitative estimate of drug-likeness (QED) is 0.0788. The summed E-state index contributed by atoms with van der Waals surface area (Å²) in [4.78, 5) is 42.4. The minimum absolute atomic E-state index is 0.0152. The zero-order valence-electron chi connectivity index (χ0n) is 29.3. The normalized spacial score (nSPS) is 9.90. The standard InChI is InChI=1S/C11H14O3.C10H12O3.2C9H10O3/c1-2-3-4-8-5-6-10(12)9(7-8)11(13)14;1-2-3-7-4-5-9(11)8(6-7)10(12)13;1-5-3-6(2)8(10)7(4-5)9(11)12;1-2-6-3-4-8(10)7(5-6)9(11)12/h5-7,12H,2-4H2,1H3,(H,13,14);4-6,11H,2-3H2,1H3,(H,12,13);3-4,10H,1-2H3,(H,11,12);3-5,10H,2H2,1H3,(H,11,12). The number of aryl methyl sites for hydroxylation is 5. The summed E-state index contributed by atoms with van der Waals surface area (Å²) >= 11 is 0. The molecule has 0 aromatic heterocycles. The van der Waals surface area contributed by atoms with E-state index in [0.29, 0.717) is 5.56 Å². The predicted molar refractivity (Wildman–Crippen MR) is 192 cm³/mol. The SMILES string of the molecule is CCCCc1ccc(O)c(C(=O)O)c1.CCCc1ccc(O)c(C(=O)O)c1.CCc1ccc(O)c(C(=O)O)c1.Cc1cc(C)c(O)c(C(=O)O)c1. The molecule has 4 aromatic carbocycles. The van der Waals surface area contributed by atoms with Gasteiger partial charge in [-0.15, -0.1) is 0 Å². The number of carbonyl (C=O) groups is 4. The molecule has 0 aliphatic carbocycles. The predicted octanol–water partition coefficient (Wildman–Crippen LogP) is 7.84. The van der Waals surface area contributed by atoms with Crippen molar-refractivity contribution in [3.05, 3.63) is 117 Å². The third kappa shape index (κ3) is 14.1. The summed E-state index contributed by atoms with van der Waals surface area (Å²) in [5.74, 6) is -5.03. The van der Waals surface area contributed by atoms with Crippen molar-refractivity contribution < 1.29 is 60.0 Å². The van der Waals surface area contributed by atoms with Gasteiger partial charge in [0.2, 0.25) is 0 Å². The van der Waals surface area contributed by atoms with Gasteiger partial charge in [-0.1, -0.05) is 57.9 Å². The van der Waals surface area contributed by atoms with E-state index in [1.165, 1.54) is 42.5 Å². The molecule has 0 fully saturated rings. The highest BCUT2D eigenvalue weighted by Crippen LogP contribution is 2.24. The van der Waals surface area contributed by atoms with Crippen molar-refractivity contribution in [1.82, 2.24) is 0 Å². The molecule has 0 saturated heterocycles. The lowest BCUT2D eigenvalue weighted by atomic mass is 10.0. The van der Waals surface area contributed by atoms with E-state index in [4.69, 9.17) is 25.5 Å². The molecule has 51 heavy (non-hydrogen) atoms. The van der Waals surface area contributed by atoms with E-state index >= 15 is 0 Å². The number of phenols is 4. The highest BCUT2D eigenvalue weighted by Gasteiger charge is 2.12. The first-order chi connectivity index (χ1) is 24.0. The maximum atomic E-state index is 10.7. The number of aromatic carboxylic acids is 4. The highest BCUT2D eigenvalue weighted by molar-refractivity contribution is 5.92. The van der Waals surface area contributed by atoms with Crippen LogP contribution in [-0.2, 0) is 19.3 Å². The molecule has 0 unspecified atom stereocenters. The third-order valence-corrected chi connectivity index (χ3v) is 7.32. The fraction of sp³-hybridized carbons (Fsp3) is 0.282. The molecule has 0 amide bonds. The zero-order chi connectivity index (χ0) is 38.8. The molecule has 274 valence electrons. The van der Waals surface area contributed by atoms with Crippen LogP contribution in [0.15, 0.2) is 66.7 Å². The van der Waals surface area contributed by atoms with Crippen LogP contribution in [0.25, 0.3) is 0 Å². The topological polar surface area (TPSA) is 230 Å². The highest BCUT2D eigenvalue weighted by atomic mass is 16.4. The molecule has 0 atom stereocenters. The first-order valence-corrected chi connectivity index (χ1v) is 16.2. The van der Waals surface area contributed by atoms with Crippen LogP contribution in [0.5, 0.6) is 23.0 Å². The smallest absolute Gasteiger partial charge is 0.339 e. The van der Waals surface area contributed by atoms with E-state index in [2.05, 4.69) is 6.92 Å². The maximum absolute atomic E-state index is 10.7. The fourth-order valence-electron chi connectivity index (χ4n) is 4.59. The van der Waals surface area contributed by atoms with Crippen molar-refractivity contribution in [2.75, 3.05) is 0 Å². The molecule has 4 aromatic rings. The van der Waals surface area contributed by atoms with Crippen LogP contribution < -0.4 is 0 Å². The Hall–Kier alpha value is -6.04. The van der Waals surface area contributed by atoms with Crippen molar-refractivity contribution in [3.63, 3.8) is 0 Å². The van der Waals surface area contributed by atoms with Crippen LogP contribution in [-0.4, -0.2) is 64.7 Å². The summed E-state index contributed by atoms with van der Waals surface area (Å²) in [5, 5.41) is 71.6. The molecule has 0 spiro atoms. The van der Waals surface area contributed by atoms with E-state index in [-0.39, 0.29) is 45.3 Å². The molecule has 4 rings (SSSR count). The van der Waals surface area contributed by atoms with Crippen molar-refractivity contribution in [2.24, 2.45) is 0 Å². The van der Waals surface area contributed by atoms with E-state index in [9.17, 15) is 34.5 Å². The number of hydrogen-bond acceptors (Lipinski definition) is 8. The van der Waals surface area contributed by atoms with Gasteiger partial charge < -0.3 is 40.9 Å². The largest absolute Gasteiger partial charge is 0.507 e. The number of aromatic hydroxyl groups is 4. The second-order valence-electron chi connectivity index (χ2n) is 11.5. The Morgan fingerprint density at radius 2 is 0.882 bits per heavy atom. The molecule has 0 bridgehead atoms. The number of carboxylic acids is 4. The zero-order valence-corrected chi connectivity index (χ0v) is 29.3. The van der Waals surface area contributed by atoms with Crippen LogP contribution in [0.1, 0.15) is 109 Å². The average molecular weight is 707 g/mol. The summed E-state index contributed by atoms with van der Waals surface area (Å²) in [7, 11) is 0. The van der Waals surface area contributed by atoms with E-state index in [1.54, 1.807) is 38.1 Å². The van der Waals surface area contributed by atoms with Gasteiger partial charge in [-0.25, -0.2) is 19.2 Å². The molecule has 0 heterocycles. The van der Waals surface area contributed by atoms with Gasteiger partial charge in [0.05, 0.1) is 0 Å². The monoisotopic (exact) mass is 706 g/mol. The van der Waals surface area contributed by atoms with Crippen molar-refractivity contribution in [2.45, 2.75) is 73.1 Å². The van der Waals surface area contributed by atoms with Crippen LogP contribution in [0.4, 0.5) is 0 Å². The fourth-order valence-corrected chi connectivity index (χ4v) is 4.59. The lowest BCUT2D eigenvalue weighted by Gasteiger charge is -2.04. The Morgan fingerprint density at radius 3 is 1.25 bits per heavy atom. The number of rotatable bonds is 10. The maximum Gasteiger partial charge on any atom is 0.339 e. The van der Waals surface area contributed by atoms with Crippen molar-refractivity contribution in [3.8, 4) is 23.0 Å². The molecule has 12 heteroatoms. The average Bonchev–Trinajstić information content (AvgIpc) is 3.07. The molecular weight excluding hydrogens is 660 g/mol. The van der Waals surface area contributed by atoms with Gasteiger partial charge in [-0.3, -0.25) is 0 Å². The van der Waals surface area contributed by atoms with Crippen LogP contribution in [0, 0.1) is 13.8 Å². The van der Waals surface area contributed by atoms with Gasteiger partial charge >= 0.3 is 23.9 Å². The van der Waals surface area contributed by atoms with Gasteiger partial charge in [0, 0.05) is 0 Å². The molecular formula is C39H46O12. The van der Waals surface area contributed by atoms with E-state index in [0.717, 1.165) is 60.8 Å². The Labute approximate surface area is 296 Å². The van der Waals surface area contributed by atoms with Crippen LogP contribution in [0.2, 0.25) is 0 Å². The second-order valence-corrected chi connectivity index (χ2v) is 11.5. The summed E-state index contributed by atoms with van der Waals surface area (Å²) < 4.78 is 0. The molecule has 0 aliphatic rings. The minimum atomic E-state index is -1.10. The van der Waals surface area contributed by atoms with Gasteiger partial charge in [-0.2, -0.15) is 0 Å². The van der Waals surface area contributed by atoms with Crippen molar-refractivity contribution >= 4 is 23.9 Å². The summed E-state index contributed by atoms with van der Waals surface area (Å²) in [6.07, 6.45) is 5.52. The van der Waals surface area contributed by atoms with Gasteiger partial charge in [0.1, 0.15) is 45.3 Å². The second kappa shape index (κ2) is 21.1. The van der Waals surface area contributed by atoms with E-state index < -0.39 is 23.9 Å². The minimum Gasteiger partial charge on any atom is -0.507 e. The van der Waals surface area contributed by atoms with Crippen LogP contribution in [0.3, 0.4) is 0 Å². The van der Waals surface area contributed by atoms with Gasteiger partial charge in [0.25, 0.3) is 0 Å². The van der Waals surface area contributed by atoms with Crippen molar-refractivity contribution in [1.29, 1.82) is 0 Å². The number of unbranched alkanes of at least 4 members (excludes halogenated alkanes) is 1. The molecule has 0 saturated carbocycles. The third-order valence-electron chi connectivity index (χ3n) is 7.32. The van der Waals surface area contributed by atoms with Crippen LogP contribution >= 0.6 is 0 Å². The summed E-state index contributed by atoms with van der Waals surface area (Å²) in [6, 6.07) is 17.2. The first kappa shape index (κ1) is 43.0.